The summed E-state index contributed by atoms with van der Waals surface area (Å²) in [6, 6.07) is 1.56. The molecule has 1 fully saturated rings. The van der Waals surface area contributed by atoms with Crippen LogP contribution in [-0.4, -0.2) is 37.8 Å². The number of sulfonamides is 1. The molecule has 90 valence electrons. The quantitative estimate of drug-likeness (QED) is 0.784. The fourth-order valence-corrected chi connectivity index (χ4v) is 3.07. The lowest BCUT2D eigenvalue weighted by molar-refractivity contribution is 0.371. The first-order chi connectivity index (χ1) is 7.50. The molecule has 1 aliphatic carbocycles. The number of aromatic nitrogens is 1. The van der Waals surface area contributed by atoms with Crippen LogP contribution in [0.5, 0.6) is 0 Å². The molecule has 0 amide bonds. The Balaban J connectivity index is 2.13. The molecule has 0 bridgehead atoms. The van der Waals surface area contributed by atoms with Crippen LogP contribution in [0.15, 0.2) is 23.4 Å². The molecular formula is C10H17N3O2S. The van der Waals surface area contributed by atoms with E-state index in [2.05, 4.69) is 4.98 Å². The Bertz CT molecular complexity index is 448. The smallest absolute Gasteiger partial charge is 0.244 e. The van der Waals surface area contributed by atoms with Gasteiger partial charge in [-0.05, 0) is 30.9 Å². The second kappa shape index (κ2) is 3.87. The second-order valence-electron chi connectivity index (χ2n) is 4.51. The third-order valence-corrected chi connectivity index (χ3v) is 5.03. The molecule has 5 nitrogen and oxygen atoms in total. The Morgan fingerprint density at radius 2 is 2.25 bits per heavy atom. The minimum atomic E-state index is -3.35. The highest BCUT2D eigenvalue weighted by molar-refractivity contribution is 7.89. The van der Waals surface area contributed by atoms with Gasteiger partial charge in [-0.1, -0.05) is 0 Å². The second-order valence-corrected chi connectivity index (χ2v) is 6.56. The maximum absolute atomic E-state index is 12.1. The van der Waals surface area contributed by atoms with Crippen molar-refractivity contribution in [3.63, 3.8) is 0 Å². The van der Waals surface area contributed by atoms with Gasteiger partial charge in [0.15, 0.2) is 0 Å². The first-order valence-electron chi connectivity index (χ1n) is 5.29. The van der Waals surface area contributed by atoms with Crippen LogP contribution in [0, 0.1) is 5.41 Å². The number of rotatable bonds is 5. The number of H-pyrrole nitrogens is 1. The zero-order valence-electron chi connectivity index (χ0n) is 9.31. The standard InChI is InChI=1S/C10H17N3O2S/c1-13(8-10(7-11)3-4-10)16(14,15)9-2-5-12-6-9/h2,5-6,12H,3-4,7-8,11H2,1H3. The fraction of sp³-hybridized carbons (Fsp3) is 0.600. The largest absolute Gasteiger partial charge is 0.366 e. The van der Waals surface area contributed by atoms with E-state index in [4.69, 9.17) is 5.73 Å². The summed E-state index contributed by atoms with van der Waals surface area (Å²) in [7, 11) is -1.74. The Morgan fingerprint density at radius 3 is 2.69 bits per heavy atom. The molecule has 2 rings (SSSR count). The normalized spacial score (nSPS) is 18.9. The fourth-order valence-electron chi connectivity index (χ4n) is 1.81. The summed E-state index contributed by atoms with van der Waals surface area (Å²) in [4.78, 5) is 3.06. The van der Waals surface area contributed by atoms with Gasteiger partial charge < -0.3 is 10.7 Å². The van der Waals surface area contributed by atoms with Crippen LogP contribution in [0.1, 0.15) is 12.8 Å². The van der Waals surface area contributed by atoms with Gasteiger partial charge in [-0.25, -0.2) is 12.7 Å². The minimum absolute atomic E-state index is 0.0259. The van der Waals surface area contributed by atoms with Crippen molar-refractivity contribution in [3.8, 4) is 0 Å². The van der Waals surface area contributed by atoms with E-state index in [1.807, 2.05) is 0 Å². The number of nitrogens with zero attached hydrogens (tertiary/aromatic N) is 1. The number of hydrogen-bond donors (Lipinski definition) is 2. The van der Waals surface area contributed by atoms with Crippen molar-refractivity contribution in [2.75, 3.05) is 20.1 Å². The van der Waals surface area contributed by atoms with Crippen molar-refractivity contribution in [3.05, 3.63) is 18.5 Å². The predicted molar refractivity (Wildman–Crippen MR) is 61.3 cm³/mol. The highest BCUT2D eigenvalue weighted by atomic mass is 32.2. The summed E-state index contributed by atoms with van der Waals surface area (Å²) in [6.45, 7) is 1.07. The number of hydrogen-bond acceptors (Lipinski definition) is 3. The summed E-state index contributed by atoms with van der Waals surface area (Å²) in [6.07, 6.45) is 5.15. The molecule has 1 aliphatic rings. The van der Waals surface area contributed by atoms with Gasteiger partial charge >= 0.3 is 0 Å². The van der Waals surface area contributed by atoms with Gasteiger partial charge in [-0.2, -0.15) is 0 Å². The van der Waals surface area contributed by atoms with E-state index in [1.165, 1.54) is 10.5 Å². The molecule has 0 aromatic carbocycles. The van der Waals surface area contributed by atoms with Gasteiger partial charge in [0.05, 0.1) is 4.90 Å². The van der Waals surface area contributed by atoms with Crippen molar-refractivity contribution in [2.45, 2.75) is 17.7 Å². The number of nitrogens with two attached hydrogens (primary N) is 1. The lowest BCUT2D eigenvalue weighted by atomic mass is 10.1. The van der Waals surface area contributed by atoms with Gasteiger partial charge in [-0.15, -0.1) is 0 Å². The maximum atomic E-state index is 12.1. The average molecular weight is 243 g/mol. The Labute approximate surface area is 95.7 Å². The van der Waals surface area contributed by atoms with E-state index in [9.17, 15) is 8.42 Å². The highest BCUT2D eigenvalue weighted by Gasteiger charge is 2.43. The van der Waals surface area contributed by atoms with Crippen LogP contribution in [0.25, 0.3) is 0 Å². The summed E-state index contributed by atoms with van der Waals surface area (Å²) in [5.41, 5.74) is 5.68. The molecule has 3 N–H and O–H groups in total. The van der Waals surface area contributed by atoms with Crippen LogP contribution in [0.3, 0.4) is 0 Å². The van der Waals surface area contributed by atoms with Crippen molar-refractivity contribution in [2.24, 2.45) is 11.1 Å². The summed E-state index contributed by atoms with van der Waals surface area (Å²) >= 11 is 0. The molecule has 0 spiro atoms. The van der Waals surface area contributed by atoms with E-state index in [0.29, 0.717) is 18.0 Å². The van der Waals surface area contributed by atoms with Crippen molar-refractivity contribution in [1.82, 2.24) is 9.29 Å². The van der Waals surface area contributed by atoms with E-state index in [1.54, 1.807) is 19.3 Å². The molecule has 1 aromatic rings. The van der Waals surface area contributed by atoms with E-state index in [-0.39, 0.29) is 5.41 Å². The van der Waals surface area contributed by atoms with Crippen molar-refractivity contribution >= 4 is 10.0 Å². The zero-order valence-corrected chi connectivity index (χ0v) is 10.1. The number of aromatic amines is 1. The topological polar surface area (TPSA) is 79.2 Å². The Kier molecular flexibility index (Phi) is 2.81. The molecule has 1 aromatic heterocycles. The van der Waals surface area contributed by atoms with Crippen LogP contribution in [0.4, 0.5) is 0 Å². The van der Waals surface area contributed by atoms with Crippen LogP contribution in [-0.2, 0) is 10.0 Å². The maximum Gasteiger partial charge on any atom is 0.244 e. The average Bonchev–Trinajstić information content (AvgIpc) is 2.81. The summed E-state index contributed by atoms with van der Waals surface area (Å²) < 4.78 is 25.6. The monoisotopic (exact) mass is 243 g/mol. The molecular weight excluding hydrogens is 226 g/mol. The Hall–Kier alpha value is -0.850. The van der Waals surface area contributed by atoms with Gasteiger partial charge in [0.25, 0.3) is 0 Å². The highest BCUT2D eigenvalue weighted by Crippen LogP contribution is 2.45. The molecule has 0 aliphatic heterocycles. The van der Waals surface area contributed by atoms with Gasteiger partial charge in [-0.3, -0.25) is 0 Å². The van der Waals surface area contributed by atoms with Crippen LogP contribution < -0.4 is 5.73 Å². The number of nitrogens with one attached hydrogen (secondary N) is 1. The third-order valence-electron chi connectivity index (χ3n) is 3.23. The lowest BCUT2D eigenvalue weighted by Crippen LogP contribution is -2.35. The SMILES string of the molecule is CN(CC1(CN)CC1)S(=O)(=O)c1cc[nH]c1. The lowest BCUT2D eigenvalue weighted by Gasteiger charge is -2.21. The molecule has 0 unspecified atom stereocenters. The molecule has 16 heavy (non-hydrogen) atoms. The Morgan fingerprint density at radius 1 is 1.56 bits per heavy atom. The molecule has 1 saturated carbocycles. The third kappa shape index (κ3) is 2.00. The van der Waals surface area contributed by atoms with E-state index in [0.717, 1.165) is 12.8 Å². The molecule has 1 heterocycles. The van der Waals surface area contributed by atoms with Crippen LogP contribution >= 0.6 is 0 Å². The van der Waals surface area contributed by atoms with Gasteiger partial charge in [0.1, 0.15) is 0 Å². The van der Waals surface area contributed by atoms with Crippen molar-refractivity contribution < 1.29 is 8.42 Å². The summed E-state index contributed by atoms with van der Waals surface area (Å²) in [5, 5.41) is 0. The molecule has 0 saturated heterocycles. The first kappa shape index (κ1) is 11.6. The van der Waals surface area contributed by atoms with Crippen LogP contribution in [0.2, 0.25) is 0 Å². The van der Waals surface area contributed by atoms with E-state index >= 15 is 0 Å². The van der Waals surface area contributed by atoms with Crippen molar-refractivity contribution in [1.29, 1.82) is 0 Å². The molecule has 6 heteroatoms. The molecule has 0 atom stereocenters. The van der Waals surface area contributed by atoms with Gasteiger partial charge in [0.2, 0.25) is 10.0 Å². The zero-order chi connectivity index (χ0) is 11.8. The minimum Gasteiger partial charge on any atom is -0.366 e. The predicted octanol–water partition coefficient (Wildman–Crippen LogP) is 0.374. The van der Waals surface area contributed by atoms with Gasteiger partial charge in [0, 0.05) is 26.0 Å². The van der Waals surface area contributed by atoms with E-state index < -0.39 is 10.0 Å². The summed E-state index contributed by atoms with van der Waals surface area (Å²) in [5.74, 6) is 0. The molecule has 0 radical (unpaired) electrons. The first-order valence-corrected chi connectivity index (χ1v) is 6.73.